The van der Waals surface area contributed by atoms with Crippen molar-refractivity contribution >= 4 is 23.7 Å². The molecule has 128 valence electrons. The standard InChI is InChI=1S/C11H21O8P3/c1-10(2)6-4-7-11(3)8-5-9-21(14,15)19-22(16,17)18-20(12)13/h6,8H,4-5,7,9H2,1-3H3,(H2-,12,13,14,15,16,17)/p+1. The Morgan fingerprint density at radius 3 is 2.23 bits per heavy atom. The van der Waals surface area contributed by atoms with Crippen molar-refractivity contribution in [3.63, 3.8) is 0 Å². The highest BCUT2D eigenvalue weighted by molar-refractivity contribution is 7.66. The number of allylic oxidation sites excluding steroid dienone is 4. The zero-order chi connectivity index (χ0) is 17.4. The number of hydrogen-bond donors (Lipinski definition) is 3. The maximum absolute atomic E-state index is 11.6. The molecule has 3 atom stereocenters. The van der Waals surface area contributed by atoms with E-state index in [9.17, 15) is 18.6 Å². The van der Waals surface area contributed by atoms with Gasteiger partial charge in [0.25, 0.3) is 0 Å². The van der Waals surface area contributed by atoms with E-state index in [1.165, 1.54) is 5.57 Å². The molecule has 0 saturated carbocycles. The molecule has 0 bridgehead atoms. The molecule has 0 aliphatic heterocycles. The van der Waals surface area contributed by atoms with Gasteiger partial charge in [0.05, 0.1) is 6.16 Å². The fourth-order valence-corrected chi connectivity index (χ4v) is 4.64. The van der Waals surface area contributed by atoms with Crippen molar-refractivity contribution in [2.24, 2.45) is 0 Å². The van der Waals surface area contributed by atoms with E-state index in [1.54, 1.807) is 6.08 Å². The van der Waals surface area contributed by atoms with E-state index in [2.05, 4.69) is 14.7 Å². The molecule has 11 heteroatoms. The van der Waals surface area contributed by atoms with Crippen molar-refractivity contribution in [3.05, 3.63) is 23.3 Å². The second kappa shape index (κ2) is 9.86. The number of hydrogen-bond acceptors (Lipinski definition) is 5. The topological polar surface area (TPSA) is 130 Å². The van der Waals surface area contributed by atoms with Gasteiger partial charge in [0, 0.05) is 4.57 Å². The minimum Gasteiger partial charge on any atom is -0.324 e. The molecule has 8 nitrogen and oxygen atoms in total. The Bertz CT molecular complexity index is 535. The lowest BCUT2D eigenvalue weighted by molar-refractivity contribution is 0.263. The van der Waals surface area contributed by atoms with Gasteiger partial charge in [-0.1, -0.05) is 23.3 Å². The van der Waals surface area contributed by atoms with Crippen LogP contribution in [0, 0.1) is 0 Å². The zero-order valence-corrected chi connectivity index (χ0v) is 15.4. The highest BCUT2D eigenvalue weighted by Crippen LogP contribution is 2.62. The molecule has 0 spiro atoms. The summed E-state index contributed by atoms with van der Waals surface area (Å²) in [6, 6.07) is 0. The van der Waals surface area contributed by atoms with Gasteiger partial charge in [0.15, 0.2) is 0 Å². The van der Waals surface area contributed by atoms with Crippen molar-refractivity contribution in [1.82, 2.24) is 0 Å². The van der Waals surface area contributed by atoms with Crippen LogP contribution in [0.2, 0.25) is 0 Å². The van der Waals surface area contributed by atoms with E-state index in [-0.39, 0.29) is 6.42 Å². The zero-order valence-electron chi connectivity index (χ0n) is 12.7. The molecule has 0 rings (SSSR count). The summed E-state index contributed by atoms with van der Waals surface area (Å²) in [5, 5.41) is 0. The fraction of sp³-hybridized carbons (Fsp3) is 0.636. The maximum Gasteiger partial charge on any atom is 0.705 e. The Morgan fingerprint density at radius 1 is 1.14 bits per heavy atom. The lowest BCUT2D eigenvalue weighted by atomic mass is 10.1. The second-order valence-electron chi connectivity index (χ2n) is 4.89. The van der Waals surface area contributed by atoms with Crippen molar-refractivity contribution < 1.29 is 37.0 Å². The van der Waals surface area contributed by atoms with Crippen LogP contribution in [0.1, 0.15) is 40.0 Å². The van der Waals surface area contributed by atoms with Crippen LogP contribution in [0.15, 0.2) is 23.3 Å². The van der Waals surface area contributed by atoms with Crippen molar-refractivity contribution in [3.8, 4) is 0 Å². The summed E-state index contributed by atoms with van der Waals surface area (Å²) >= 11 is 0. The molecule has 0 aromatic carbocycles. The highest BCUT2D eigenvalue weighted by Gasteiger charge is 2.41. The maximum atomic E-state index is 11.6. The highest BCUT2D eigenvalue weighted by atomic mass is 31.3. The fourth-order valence-electron chi connectivity index (χ4n) is 1.47. The molecule has 0 aliphatic rings. The van der Waals surface area contributed by atoms with Gasteiger partial charge in [0.1, 0.15) is 0 Å². The van der Waals surface area contributed by atoms with Crippen molar-refractivity contribution in [1.29, 1.82) is 0 Å². The molecule has 22 heavy (non-hydrogen) atoms. The van der Waals surface area contributed by atoms with Gasteiger partial charge < -0.3 is 4.89 Å². The minimum absolute atomic E-state index is 0.166. The summed E-state index contributed by atoms with van der Waals surface area (Å²) in [5.74, 6) is 0. The third-order valence-electron chi connectivity index (χ3n) is 2.40. The first-order chi connectivity index (χ1) is 9.93. The SMILES string of the molecule is CC(C)=CCCC(C)=CCCP(=O)(O)OP(=O)(O)O[P+](=O)O. The van der Waals surface area contributed by atoms with Crippen LogP contribution in [0.3, 0.4) is 0 Å². The van der Waals surface area contributed by atoms with Gasteiger partial charge in [-0.15, -0.1) is 4.89 Å². The third kappa shape index (κ3) is 12.4. The monoisotopic (exact) mass is 375 g/mol. The number of phosphoric acid groups is 1. The number of rotatable bonds is 10. The third-order valence-corrected chi connectivity index (χ3v) is 6.45. The van der Waals surface area contributed by atoms with Gasteiger partial charge in [-0.2, -0.15) is 0 Å². The van der Waals surface area contributed by atoms with Crippen LogP contribution in [0.4, 0.5) is 0 Å². The van der Waals surface area contributed by atoms with Gasteiger partial charge in [-0.05, 0) is 44.3 Å². The van der Waals surface area contributed by atoms with Crippen LogP contribution in [0.5, 0.6) is 0 Å². The molecule has 0 saturated heterocycles. The lowest BCUT2D eigenvalue weighted by Gasteiger charge is -2.11. The molecule has 0 aromatic rings. The largest absolute Gasteiger partial charge is 0.705 e. The van der Waals surface area contributed by atoms with Gasteiger partial charge in [0.2, 0.25) is 0 Å². The Hall–Kier alpha value is -0.160. The Morgan fingerprint density at radius 2 is 1.73 bits per heavy atom. The van der Waals surface area contributed by atoms with E-state index < -0.39 is 29.8 Å². The average Bonchev–Trinajstić information content (AvgIpc) is 2.23. The molecular formula is C11H22O8P3+. The Balaban J connectivity index is 4.38. The van der Waals surface area contributed by atoms with E-state index in [0.717, 1.165) is 18.4 Å². The van der Waals surface area contributed by atoms with Gasteiger partial charge >= 0.3 is 23.7 Å². The van der Waals surface area contributed by atoms with Crippen LogP contribution in [-0.2, 0) is 22.3 Å². The van der Waals surface area contributed by atoms with Crippen molar-refractivity contribution in [2.45, 2.75) is 40.0 Å². The van der Waals surface area contributed by atoms with E-state index in [0.29, 0.717) is 0 Å². The second-order valence-corrected chi connectivity index (χ2v) is 9.33. The van der Waals surface area contributed by atoms with Crippen LogP contribution >= 0.6 is 23.7 Å². The van der Waals surface area contributed by atoms with E-state index in [4.69, 9.17) is 9.79 Å². The normalized spacial score (nSPS) is 18.3. The van der Waals surface area contributed by atoms with E-state index in [1.807, 2.05) is 20.8 Å². The van der Waals surface area contributed by atoms with Crippen LogP contribution in [0.25, 0.3) is 0 Å². The summed E-state index contributed by atoms with van der Waals surface area (Å²) < 4.78 is 40.8. The summed E-state index contributed by atoms with van der Waals surface area (Å²) in [6.45, 7) is 5.86. The molecular weight excluding hydrogens is 353 g/mol. The molecule has 0 radical (unpaired) electrons. The average molecular weight is 375 g/mol. The van der Waals surface area contributed by atoms with Gasteiger partial charge in [-0.25, -0.2) is 8.88 Å². The van der Waals surface area contributed by atoms with Crippen molar-refractivity contribution in [2.75, 3.05) is 6.16 Å². The minimum atomic E-state index is -5.04. The first-order valence-electron chi connectivity index (χ1n) is 6.44. The summed E-state index contributed by atoms with van der Waals surface area (Å²) in [4.78, 5) is 26.8. The van der Waals surface area contributed by atoms with Crippen LogP contribution in [-0.4, -0.2) is 20.8 Å². The molecule has 0 heterocycles. The molecule has 3 N–H and O–H groups in total. The first kappa shape index (κ1) is 21.8. The van der Waals surface area contributed by atoms with Crippen LogP contribution < -0.4 is 0 Å². The molecule has 0 aliphatic carbocycles. The first-order valence-corrected chi connectivity index (χ1v) is 10.8. The molecule has 3 unspecified atom stereocenters. The molecule has 0 amide bonds. The molecule has 0 aromatic heterocycles. The van der Waals surface area contributed by atoms with E-state index >= 15 is 0 Å². The summed E-state index contributed by atoms with van der Waals surface area (Å²) in [7, 11) is -12.9. The quantitative estimate of drug-likeness (QED) is 0.385. The molecule has 0 fully saturated rings. The Kier molecular flexibility index (Phi) is 9.79. The smallest absolute Gasteiger partial charge is 0.324 e. The Labute approximate surface area is 131 Å². The predicted octanol–water partition coefficient (Wildman–Crippen LogP) is 4.04. The van der Waals surface area contributed by atoms with Gasteiger partial charge in [-0.3, -0.25) is 9.46 Å². The lowest BCUT2D eigenvalue weighted by Crippen LogP contribution is -1.94. The predicted molar refractivity (Wildman–Crippen MR) is 83.6 cm³/mol. The summed E-state index contributed by atoms with van der Waals surface area (Å²) in [5.41, 5.74) is 2.22. The summed E-state index contributed by atoms with van der Waals surface area (Å²) in [6.07, 6.45) is 5.24.